The van der Waals surface area contributed by atoms with E-state index in [-0.39, 0.29) is 11.9 Å². The number of anilines is 2. The molecule has 1 amide bonds. The molecule has 0 bridgehead atoms. The van der Waals surface area contributed by atoms with Crippen molar-refractivity contribution >= 4 is 27.9 Å². The molecular weight excluding hydrogens is 470 g/mol. The molecule has 1 saturated heterocycles. The van der Waals surface area contributed by atoms with E-state index in [2.05, 4.69) is 71.4 Å². The van der Waals surface area contributed by atoms with Crippen LogP contribution >= 0.6 is 11.3 Å². The molecule has 36 heavy (non-hydrogen) atoms. The van der Waals surface area contributed by atoms with E-state index in [4.69, 9.17) is 9.15 Å². The van der Waals surface area contributed by atoms with Crippen LogP contribution in [0.1, 0.15) is 38.2 Å². The largest absolute Gasteiger partial charge is 0.497 e. The van der Waals surface area contributed by atoms with Crippen LogP contribution in [0.15, 0.2) is 77.4 Å². The molecule has 7 heteroatoms. The van der Waals surface area contributed by atoms with E-state index in [1.54, 1.807) is 30.6 Å². The van der Waals surface area contributed by atoms with E-state index in [9.17, 15) is 4.79 Å². The van der Waals surface area contributed by atoms with E-state index in [0.717, 1.165) is 42.5 Å². The van der Waals surface area contributed by atoms with Crippen molar-refractivity contribution in [1.82, 2.24) is 4.90 Å². The Kier molecular flexibility index (Phi) is 7.11. The lowest BCUT2D eigenvalue weighted by atomic mass is 9.94. The minimum atomic E-state index is -0.232. The zero-order valence-electron chi connectivity index (χ0n) is 20.9. The van der Waals surface area contributed by atoms with Crippen molar-refractivity contribution < 1.29 is 13.9 Å². The van der Waals surface area contributed by atoms with E-state index in [1.807, 2.05) is 12.1 Å². The van der Waals surface area contributed by atoms with Crippen molar-refractivity contribution in [2.45, 2.75) is 19.9 Å². The standard InChI is InChI=1S/C29H31N3O3S/c1-20-21(2)36-29(30-28(33)25-10-7-19-35-25)26(20)27(22-11-13-24(34-3)14-12-22)32-17-15-31(16-18-32)23-8-5-4-6-9-23/h4-14,19,27H,15-18H2,1-3H3,(H,30,33)/t27-/m0/s1. The first-order valence-corrected chi connectivity index (χ1v) is 13.0. The quantitative estimate of drug-likeness (QED) is 0.330. The van der Waals surface area contributed by atoms with Gasteiger partial charge in [-0.25, -0.2) is 0 Å². The molecule has 1 aliphatic rings. The number of carbonyl (C=O) groups excluding carboxylic acids is 1. The van der Waals surface area contributed by atoms with Gasteiger partial charge in [0.2, 0.25) is 0 Å². The monoisotopic (exact) mass is 501 g/mol. The van der Waals surface area contributed by atoms with Gasteiger partial charge in [0.05, 0.1) is 19.4 Å². The fourth-order valence-corrected chi connectivity index (χ4v) is 5.95. The van der Waals surface area contributed by atoms with Crippen LogP contribution in [0.5, 0.6) is 5.75 Å². The Hall–Kier alpha value is -3.55. The van der Waals surface area contributed by atoms with E-state index in [1.165, 1.54) is 28.0 Å². The molecule has 0 radical (unpaired) electrons. The first-order valence-electron chi connectivity index (χ1n) is 12.2. The van der Waals surface area contributed by atoms with Gasteiger partial charge in [-0.2, -0.15) is 0 Å². The normalized spacial score (nSPS) is 15.0. The number of ether oxygens (including phenoxy) is 1. The van der Waals surface area contributed by atoms with Crippen molar-refractivity contribution in [3.63, 3.8) is 0 Å². The van der Waals surface area contributed by atoms with Crippen molar-refractivity contribution in [1.29, 1.82) is 0 Å². The van der Waals surface area contributed by atoms with E-state index >= 15 is 0 Å². The molecule has 3 heterocycles. The average Bonchev–Trinajstić information content (AvgIpc) is 3.55. The summed E-state index contributed by atoms with van der Waals surface area (Å²) in [6.45, 7) is 7.96. The summed E-state index contributed by atoms with van der Waals surface area (Å²) in [5.74, 6) is 0.906. The van der Waals surface area contributed by atoms with Gasteiger partial charge < -0.3 is 19.4 Å². The number of hydrogen-bond donors (Lipinski definition) is 1. The number of amides is 1. The second-order valence-corrected chi connectivity index (χ2v) is 10.2. The summed E-state index contributed by atoms with van der Waals surface area (Å²) in [4.78, 5) is 19.1. The van der Waals surface area contributed by atoms with Gasteiger partial charge in [0.1, 0.15) is 10.8 Å². The lowest BCUT2D eigenvalue weighted by Crippen LogP contribution is -2.48. The molecule has 0 spiro atoms. The molecule has 1 fully saturated rings. The van der Waals surface area contributed by atoms with Gasteiger partial charge in [0.15, 0.2) is 5.76 Å². The molecule has 2 aromatic carbocycles. The van der Waals surface area contributed by atoms with Gasteiger partial charge in [-0.3, -0.25) is 9.69 Å². The fourth-order valence-electron chi connectivity index (χ4n) is 4.86. The van der Waals surface area contributed by atoms with E-state index in [0.29, 0.717) is 5.76 Å². The zero-order valence-corrected chi connectivity index (χ0v) is 21.7. The molecule has 1 aliphatic heterocycles. The molecule has 4 aromatic rings. The number of piperazine rings is 1. The summed E-state index contributed by atoms with van der Waals surface area (Å²) >= 11 is 1.62. The molecule has 6 nitrogen and oxygen atoms in total. The van der Waals surface area contributed by atoms with Crippen molar-refractivity contribution in [3.8, 4) is 5.75 Å². The van der Waals surface area contributed by atoms with Crippen molar-refractivity contribution in [2.24, 2.45) is 0 Å². The number of carbonyl (C=O) groups is 1. The minimum Gasteiger partial charge on any atom is -0.497 e. The van der Waals surface area contributed by atoms with Crippen LogP contribution in [0.4, 0.5) is 10.7 Å². The molecule has 0 unspecified atom stereocenters. The Morgan fingerprint density at radius 1 is 0.972 bits per heavy atom. The highest BCUT2D eigenvalue weighted by Crippen LogP contribution is 2.43. The van der Waals surface area contributed by atoms with Gasteiger partial charge in [0, 0.05) is 42.3 Å². The summed E-state index contributed by atoms with van der Waals surface area (Å²) < 4.78 is 10.8. The van der Waals surface area contributed by atoms with Gasteiger partial charge in [0.25, 0.3) is 5.91 Å². The smallest absolute Gasteiger partial charge is 0.291 e. The molecule has 2 aromatic heterocycles. The number of rotatable bonds is 7. The maximum absolute atomic E-state index is 12.9. The Morgan fingerprint density at radius 2 is 1.69 bits per heavy atom. The number of para-hydroxylation sites is 1. The van der Waals surface area contributed by atoms with Gasteiger partial charge in [-0.05, 0) is 61.4 Å². The van der Waals surface area contributed by atoms with E-state index < -0.39 is 0 Å². The van der Waals surface area contributed by atoms with Crippen LogP contribution in [0.25, 0.3) is 0 Å². The molecule has 0 saturated carbocycles. The second kappa shape index (κ2) is 10.6. The predicted octanol–water partition coefficient (Wildman–Crippen LogP) is 6.13. The van der Waals surface area contributed by atoms with Crippen molar-refractivity contribution in [2.75, 3.05) is 43.5 Å². The molecular formula is C29H31N3O3S. The van der Waals surface area contributed by atoms with Gasteiger partial charge in [-0.1, -0.05) is 30.3 Å². The highest BCUT2D eigenvalue weighted by atomic mass is 32.1. The third kappa shape index (κ3) is 4.90. The highest BCUT2D eigenvalue weighted by molar-refractivity contribution is 7.16. The summed E-state index contributed by atoms with van der Waals surface area (Å²) in [6, 6.07) is 22.3. The summed E-state index contributed by atoms with van der Waals surface area (Å²) in [6.07, 6.45) is 1.52. The molecule has 0 aliphatic carbocycles. The molecule has 1 N–H and O–H groups in total. The summed E-state index contributed by atoms with van der Waals surface area (Å²) in [5.41, 5.74) is 4.79. The number of nitrogens with zero attached hydrogens (tertiary/aromatic N) is 2. The number of benzene rings is 2. The maximum Gasteiger partial charge on any atom is 0.291 e. The summed E-state index contributed by atoms with van der Waals surface area (Å²) in [7, 11) is 1.68. The second-order valence-electron chi connectivity index (χ2n) is 8.99. The van der Waals surface area contributed by atoms with Crippen LogP contribution in [-0.4, -0.2) is 44.1 Å². The Bertz CT molecular complexity index is 1290. The number of nitrogens with one attached hydrogen (secondary N) is 1. The van der Waals surface area contributed by atoms with Gasteiger partial charge >= 0.3 is 0 Å². The van der Waals surface area contributed by atoms with Crippen molar-refractivity contribution in [3.05, 3.63) is 100 Å². The number of methoxy groups -OCH3 is 1. The number of furan rings is 1. The Balaban J connectivity index is 1.49. The molecule has 1 atom stereocenters. The van der Waals surface area contributed by atoms with Crippen LogP contribution in [-0.2, 0) is 0 Å². The van der Waals surface area contributed by atoms with Crippen LogP contribution in [0, 0.1) is 13.8 Å². The van der Waals surface area contributed by atoms with Crippen LogP contribution < -0.4 is 15.0 Å². The fraction of sp³-hybridized carbons (Fsp3) is 0.276. The third-order valence-electron chi connectivity index (χ3n) is 6.91. The lowest BCUT2D eigenvalue weighted by molar-refractivity contribution is 0.0996. The average molecular weight is 502 g/mol. The highest BCUT2D eigenvalue weighted by Gasteiger charge is 2.32. The minimum absolute atomic E-state index is 0.00526. The lowest BCUT2D eigenvalue weighted by Gasteiger charge is -2.41. The molecule has 5 rings (SSSR count). The summed E-state index contributed by atoms with van der Waals surface area (Å²) in [5, 5.41) is 4.02. The number of hydrogen-bond acceptors (Lipinski definition) is 6. The predicted molar refractivity (Wildman–Crippen MR) is 146 cm³/mol. The Morgan fingerprint density at radius 3 is 2.33 bits per heavy atom. The number of thiophene rings is 1. The van der Waals surface area contributed by atoms with Gasteiger partial charge in [-0.15, -0.1) is 11.3 Å². The SMILES string of the molecule is COc1ccc([C@@H](c2c(NC(=O)c3ccco3)sc(C)c2C)N2CCN(c3ccccc3)CC2)cc1. The molecule has 186 valence electrons. The van der Waals surface area contributed by atoms with Crippen LogP contribution in [0.2, 0.25) is 0 Å². The zero-order chi connectivity index (χ0) is 25.1. The topological polar surface area (TPSA) is 58.0 Å². The number of aryl methyl sites for hydroxylation is 1. The first-order chi connectivity index (χ1) is 17.5. The third-order valence-corrected chi connectivity index (χ3v) is 8.05. The Labute approximate surface area is 216 Å². The maximum atomic E-state index is 12.9. The first kappa shape index (κ1) is 24.2. The van der Waals surface area contributed by atoms with Crippen LogP contribution in [0.3, 0.4) is 0 Å².